The molecular formula is C54H33B2N3O3. The Balaban J connectivity index is 1.00. The molecule has 0 unspecified atom stereocenters. The van der Waals surface area contributed by atoms with Crippen molar-refractivity contribution in [2.45, 2.75) is 0 Å². The number of hydrogen-bond donors (Lipinski definition) is 0. The first kappa shape index (κ1) is 33.7. The number of benzene rings is 9. The fourth-order valence-corrected chi connectivity index (χ4v) is 10.6. The second-order valence-electron chi connectivity index (χ2n) is 16.4. The zero-order valence-corrected chi connectivity index (χ0v) is 33.3. The van der Waals surface area contributed by atoms with Crippen LogP contribution in [0.4, 0.5) is 51.2 Å². The van der Waals surface area contributed by atoms with Gasteiger partial charge in [0.15, 0.2) is 11.5 Å². The summed E-state index contributed by atoms with van der Waals surface area (Å²) in [6, 6.07) is 70.7. The van der Waals surface area contributed by atoms with Crippen molar-refractivity contribution in [3.63, 3.8) is 0 Å². The van der Waals surface area contributed by atoms with Gasteiger partial charge in [-0.1, -0.05) is 97.1 Å². The standard InChI is InChI=1S/C54H33B2N3O3/c1-5-15-34(16-6-1)57(35-17-7-2-8-18-35)38-27-29-44-42(31-38)55-40-23-13-25-46-52(40)59-53-41(24-14-26-47(53)62-46)56-43-32-39(58(36-19-9-3-10-20-36)37-21-11-4-12-22-37)28-30-45(43)61-49-33-48(60-44)50(55)54(59)51(49)56/h1-33H. The molecule has 288 valence electrons. The maximum absolute atomic E-state index is 7.07. The van der Waals surface area contributed by atoms with Crippen LogP contribution in [0.1, 0.15) is 0 Å². The fraction of sp³-hybridized carbons (Fsp3) is 0. The molecule has 0 amide bonds. The SMILES string of the molecule is c1ccc(N(c2ccccc2)c2ccc3c(c2)B2c4cccc5c4N4c6c(cccc6B6c7cc(N(c8ccccc8)c8ccccc8)ccc7Oc7cc(c2c4c76)O3)O5)cc1. The minimum atomic E-state index is -0.135. The minimum Gasteiger partial charge on any atom is -0.458 e. The summed E-state index contributed by atoms with van der Waals surface area (Å²) >= 11 is 0. The number of ether oxygens (including phenoxy) is 3. The highest BCUT2D eigenvalue weighted by molar-refractivity contribution is 7.03. The summed E-state index contributed by atoms with van der Waals surface area (Å²) in [7, 11) is 0. The fourth-order valence-electron chi connectivity index (χ4n) is 10.6. The molecule has 14 rings (SSSR count). The van der Waals surface area contributed by atoms with Crippen molar-refractivity contribution in [2.75, 3.05) is 14.7 Å². The van der Waals surface area contributed by atoms with Gasteiger partial charge >= 0.3 is 0 Å². The van der Waals surface area contributed by atoms with Gasteiger partial charge in [0.05, 0.1) is 11.4 Å². The van der Waals surface area contributed by atoms with E-state index in [0.717, 1.165) is 108 Å². The minimum absolute atomic E-state index is 0.135. The van der Waals surface area contributed by atoms with E-state index in [2.05, 4.69) is 215 Å². The molecule has 8 heteroatoms. The topological polar surface area (TPSA) is 37.4 Å². The third-order valence-electron chi connectivity index (χ3n) is 13.1. The smallest absolute Gasteiger partial charge is 0.256 e. The predicted octanol–water partition coefficient (Wildman–Crippen LogP) is 10.1. The summed E-state index contributed by atoms with van der Waals surface area (Å²) in [5.74, 6) is 4.98. The Morgan fingerprint density at radius 3 is 1.08 bits per heavy atom. The molecule has 5 aliphatic heterocycles. The molecule has 6 nitrogen and oxygen atoms in total. The van der Waals surface area contributed by atoms with Crippen LogP contribution in [0.25, 0.3) is 0 Å². The monoisotopic (exact) mass is 793 g/mol. The summed E-state index contributed by atoms with van der Waals surface area (Å²) in [5, 5.41) is 0. The van der Waals surface area contributed by atoms with Gasteiger partial charge in [-0.25, -0.2) is 0 Å². The molecular weight excluding hydrogens is 760 g/mol. The van der Waals surface area contributed by atoms with Gasteiger partial charge in [0.2, 0.25) is 0 Å². The second-order valence-corrected chi connectivity index (χ2v) is 16.4. The van der Waals surface area contributed by atoms with E-state index >= 15 is 0 Å². The van der Waals surface area contributed by atoms with Gasteiger partial charge < -0.3 is 28.9 Å². The van der Waals surface area contributed by atoms with Crippen LogP contribution in [0.5, 0.6) is 34.5 Å². The van der Waals surface area contributed by atoms with Crippen LogP contribution < -0.4 is 61.7 Å². The lowest BCUT2D eigenvalue weighted by molar-refractivity contribution is 0.464. The largest absolute Gasteiger partial charge is 0.458 e. The molecule has 62 heavy (non-hydrogen) atoms. The van der Waals surface area contributed by atoms with Crippen molar-refractivity contribution in [3.05, 3.63) is 200 Å². The van der Waals surface area contributed by atoms with Crippen molar-refractivity contribution in [1.82, 2.24) is 0 Å². The molecule has 0 spiro atoms. The van der Waals surface area contributed by atoms with Gasteiger partial charge in [-0.05, 0) is 130 Å². The Bertz CT molecular complexity index is 3020. The van der Waals surface area contributed by atoms with Crippen LogP contribution in [0, 0.1) is 0 Å². The van der Waals surface area contributed by atoms with Gasteiger partial charge in [-0.2, -0.15) is 0 Å². The molecule has 0 aliphatic carbocycles. The summed E-state index contributed by atoms with van der Waals surface area (Å²) in [6.07, 6.45) is 0. The normalized spacial score (nSPS) is 13.5. The molecule has 0 aromatic heterocycles. The Labute approximate surface area is 359 Å². The molecule has 0 saturated carbocycles. The van der Waals surface area contributed by atoms with Crippen LogP contribution in [0.2, 0.25) is 0 Å². The second kappa shape index (κ2) is 12.7. The molecule has 0 fully saturated rings. The van der Waals surface area contributed by atoms with Crippen LogP contribution >= 0.6 is 0 Å². The lowest BCUT2D eigenvalue weighted by Crippen LogP contribution is -2.67. The Morgan fingerprint density at radius 1 is 0.290 bits per heavy atom. The molecule has 9 aromatic carbocycles. The first-order valence-electron chi connectivity index (χ1n) is 21.2. The van der Waals surface area contributed by atoms with Crippen molar-refractivity contribution >= 4 is 97.4 Å². The van der Waals surface area contributed by atoms with Crippen LogP contribution in [0.15, 0.2) is 200 Å². The number of rotatable bonds is 6. The number of hydrogen-bond acceptors (Lipinski definition) is 6. The zero-order chi connectivity index (χ0) is 40.5. The highest BCUT2D eigenvalue weighted by atomic mass is 16.5. The van der Waals surface area contributed by atoms with E-state index in [0.29, 0.717) is 0 Å². The zero-order valence-electron chi connectivity index (χ0n) is 33.3. The van der Waals surface area contributed by atoms with Gasteiger partial charge in [-0.3, -0.25) is 0 Å². The van der Waals surface area contributed by atoms with Crippen molar-refractivity contribution in [1.29, 1.82) is 0 Å². The van der Waals surface area contributed by atoms with Crippen molar-refractivity contribution < 1.29 is 14.2 Å². The molecule has 0 atom stereocenters. The summed E-state index contributed by atoms with van der Waals surface area (Å²) in [4.78, 5) is 7.10. The van der Waals surface area contributed by atoms with E-state index < -0.39 is 0 Å². The third kappa shape index (κ3) is 4.66. The summed E-state index contributed by atoms with van der Waals surface area (Å²) in [5.41, 5.74) is 16.6. The Morgan fingerprint density at radius 2 is 0.677 bits per heavy atom. The lowest BCUT2D eigenvalue weighted by atomic mass is 9.29. The van der Waals surface area contributed by atoms with E-state index in [-0.39, 0.29) is 13.4 Å². The van der Waals surface area contributed by atoms with Crippen LogP contribution in [-0.2, 0) is 0 Å². The van der Waals surface area contributed by atoms with Gasteiger partial charge in [0, 0.05) is 45.9 Å². The molecule has 5 aliphatic rings. The molecule has 0 saturated heterocycles. The average Bonchev–Trinajstić information content (AvgIpc) is 3.33. The first-order valence-corrected chi connectivity index (χ1v) is 21.2. The van der Waals surface area contributed by atoms with Crippen molar-refractivity contribution in [2.24, 2.45) is 0 Å². The number of fused-ring (bicyclic) bond motifs is 6. The van der Waals surface area contributed by atoms with Crippen LogP contribution in [-0.4, -0.2) is 13.4 Å². The number of anilines is 9. The van der Waals surface area contributed by atoms with E-state index in [4.69, 9.17) is 14.2 Å². The van der Waals surface area contributed by atoms with E-state index in [1.807, 2.05) is 0 Å². The molecule has 0 N–H and O–H groups in total. The highest BCUT2D eigenvalue weighted by Crippen LogP contribution is 2.54. The van der Waals surface area contributed by atoms with E-state index in [1.165, 1.54) is 10.9 Å². The van der Waals surface area contributed by atoms with Gasteiger partial charge in [0.25, 0.3) is 13.4 Å². The lowest BCUT2D eigenvalue weighted by Gasteiger charge is -2.49. The Hall–Kier alpha value is -8.09. The van der Waals surface area contributed by atoms with Crippen LogP contribution in [0.3, 0.4) is 0 Å². The van der Waals surface area contributed by atoms with E-state index in [1.54, 1.807) is 0 Å². The van der Waals surface area contributed by atoms with Gasteiger partial charge in [0.1, 0.15) is 23.0 Å². The summed E-state index contributed by atoms with van der Waals surface area (Å²) < 4.78 is 21.1. The predicted molar refractivity (Wildman–Crippen MR) is 253 cm³/mol. The summed E-state index contributed by atoms with van der Waals surface area (Å²) in [6.45, 7) is -0.270. The Kier molecular flexibility index (Phi) is 6.91. The van der Waals surface area contributed by atoms with Gasteiger partial charge in [-0.15, -0.1) is 0 Å². The third-order valence-corrected chi connectivity index (χ3v) is 13.1. The number of nitrogens with zero attached hydrogens (tertiary/aromatic N) is 3. The molecule has 0 bridgehead atoms. The maximum Gasteiger partial charge on any atom is 0.256 e. The molecule has 0 radical (unpaired) electrons. The maximum atomic E-state index is 7.07. The molecule has 5 heterocycles. The quantitative estimate of drug-likeness (QED) is 0.156. The highest BCUT2D eigenvalue weighted by Gasteiger charge is 2.53. The molecule has 9 aromatic rings. The number of para-hydroxylation sites is 6. The first-order chi connectivity index (χ1) is 30.8. The average molecular weight is 794 g/mol. The van der Waals surface area contributed by atoms with E-state index in [9.17, 15) is 0 Å². The van der Waals surface area contributed by atoms with Crippen molar-refractivity contribution in [3.8, 4) is 34.5 Å².